The molecular weight excluding hydrogens is 320 g/mol. The summed E-state index contributed by atoms with van der Waals surface area (Å²) < 4.78 is 10.5. The van der Waals surface area contributed by atoms with Crippen molar-refractivity contribution in [3.05, 3.63) is 35.9 Å². The van der Waals surface area contributed by atoms with E-state index in [4.69, 9.17) is 9.47 Å². The lowest BCUT2D eigenvalue weighted by Crippen LogP contribution is -2.47. The van der Waals surface area contributed by atoms with Crippen molar-refractivity contribution in [3.8, 4) is 0 Å². The highest BCUT2D eigenvalue weighted by molar-refractivity contribution is 5.68. The zero-order valence-electron chi connectivity index (χ0n) is 15.2. The largest absolute Gasteiger partial charge is 0.445 e. The Labute approximate surface area is 149 Å². The normalized spacial score (nSPS) is 20.4. The van der Waals surface area contributed by atoms with Crippen molar-refractivity contribution in [1.82, 2.24) is 10.6 Å². The van der Waals surface area contributed by atoms with Gasteiger partial charge in [-0.1, -0.05) is 30.3 Å². The predicted octanol–water partition coefficient (Wildman–Crippen LogP) is 3.75. The van der Waals surface area contributed by atoms with Crippen LogP contribution in [-0.2, 0) is 16.1 Å². The maximum atomic E-state index is 12.0. The average molecular weight is 348 g/mol. The molecule has 0 aliphatic heterocycles. The van der Waals surface area contributed by atoms with Crippen LogP contribution in [0.4, 0.5) is 9.59 Å². The van der Waals surface area contributed by atoms with Gasteiger partial charge in [-0.25, -0.2) is 9.59 Å². The van der Waals surface area contributed by atoms with Gasteiger partial charge in [-0.15, -0.1) is 0 Å². The van der Waals surface area contributed by atoms with Crippen LogP contribution >= 0.6 is 0 Å². The molecule has 2 amide bonds. The number of ether oxygens (including phenoxy) is 2. The van der Waals surface area contributed by atoms with E-state index in [9.17, 15) is 9.59 Å². The smallest absolute Gasteiger partial charge is 0.407 e. The van der Waals surface area contributed by atoms with Crippen molar-refractivity contribution in [2.75, 3.05) is 0 Å². The van der Waals surface area contributed by atoms with Crippen molar-refractivity contribution in [1.29, 1.82) is 0 Å². The van der Waals surface area contributed by atoms with E-state index >= 15 is 0 Å². The quantitative estimate of drug-likeness (QED) is 0.869. The Balaban J connectivity index is 1.73. The van der Waals surface area contributed by atoms with Crippen LogP contribution in [0.3, 0.4) is 0 Å². The van der Waals surface area contributed by atoms with Crippen molar-refractivity contribution in [2.45, 2.75) is 70.7 Å². The highest BCUT2D eigenvalue weighted by Crippen LogP contribution is 2.19. The van der Waals surface area contributed by atoms with E-state index in [0.29, 0.717) is 6.42 Å². The molecule has 1 aromatic rings. The summed E-state index contributed by atoms with van der Waals surface area (Å²) in [6.45, 7) is 5.75. The minimum atomic E-state index is -0.516. The third-order valence-electron chi connectivity index (χ3n) is 3.93. The van der Waals surface area contributed by atoms with Gasteiger partial charge in [0.15, 0.2) is 0 Å². The second kappa shape index (κ2) is 8.74. The second-order valence-corrected chi connectivity index (χ2v) is 7.41. The molecular formula is C19H28N2O4. The highest BCUT2D eigenvalue weighted by Gasteiger charge is 2.26. The molecule has 2 rings (SSSR count). The van der Waals surface area contributed by atoms with Crippen LogP contribution in [0.5, 0.6) is 0 Å². The molecule has 25 heavy (non-hydrogen) atoms. The molecule has 1 saturated carbocycles. The molecule has 0 saturated heterocycles. The molecule has 0 heterocycles. The number of benzene rings is 1. The van der Waals surface area contributed by atoms with Gasteiger partial charge >= 0.3 is 12.2 Å². The number of rotatable bonds is 4. The van der Waals surface area contributed by atoms with Crippen LogP contribution < -0.4 is 10.6 Å². The van der Waals surface area contributed by atoms with Crippen molar-refractivity contribution >= 4 is 12.2 Å². The van der Waals surface area contributed by atoms with Crippen molar-refractivity contribution in [3.63, 3.8) is 0 Å². The molecule has 6 heteroatoms. The first kappa shape index (κ1) is 19.1. The molecule has 1 fully saturated rings. The monoisotopic (exact) mass is 348 g/mol. The first-order chi connectivity index (χ1) is 11.8. The highest BCUT2D eigenvalue weighted by atomic mass is 16.6. The lowest BCUT2D eigenvalue weighted by molar-refractivity contribution is 0.0488. The lowest BCUT2D eigenvalue weighted by Gasteiger charge is -2.30. The van der Waals surface area contributed by atoms with Crippen LogP contribution in [0.15, 0.2) is 30.3 Å². The fourth-order valence-electron chi connectivity index (χ4n) is 2.86. The number of nitrogens with one attached hydrogen (secondary N) is 2. The standard InChI is InChI=1S/C19H28N2O4/c1-19(2,3)25-18(23)21-16-11-7-10-15(12-16)20-17(22)24-13-14-8-5-4-6-9-14/h4-6,8-9,15-16H,7,10-13H2,1-3H3,(H,20,22)(H,21,23)/t15-,16+/m0/s1. The Morgan fingerprint density at radius 3 is 2.24 bits per heavy atom. The van der Waals surface area contributed by atoms with Crippen LogP contribution in [-0.4, -0.2) is 29.9 Å². The van der Waals surface area contributed by atoms with Gasteiger partial charge in [0.2, 0.25) is 0 Å². The van der Waals surface area contributed by atoms with Crippen LogP contribution in [0.25, 0.3) is 0 Å². The van der Waals surface area contributed by atoms with Gasteiger partial charge in [-0.05, 0) is 52.0 Å². The van der Waals surface area contributed by atoms with Gasteiger partial charge in [-0.2, -0.15) is 0 Å². The molecule has 0 aromatic heterocycles. The fourth-order valence-corrected chi connectivity index (χ4v) is 2.86. The summed E-state index contributed by atoms with van der Waals surface area (Å²) in [7, 11) is 0. The summed E-state index contributed by atoms with van der Waals surface area (Å²) in [6.07, 6.45) is 2.55. The maximum Gasteiger partial charge on any atom is 0.407 e. The van der Waals surface area contributed by atoms with Crippen molar-refractivity contribution < 1.29 is 19.1 Å². The fraction of sp³-hybridized carbons (Fsp3) is 0.579. The molecule has 1 aromatic carbocycles. The minimum Gasteiger partial charge on any atom is -0.445 e. The topological polar surface area (TPSA) is 76.7 Å². The zero-order valence-corrected chi connectivity index (χ0v) is 15.2. The summed E-state index contributed by atoms with van der Waals surface area (Å²) in [5, 5.41) is 5.77. The molecule has 6 nitrogen and oxygen atoms in total. The number of hydrogen-bond acceptors (Lipinski definition) is 4. The third kappa shape index (κ3) is 7.45. The molecule has 0 unspecified atom stereocenters. The summed E-state index contributed by atoms with van der Waals surface area (Å²) in [5.74, 6) is 0. The van der Waals surface area contributed by atoms with E-state index in [1.807, 2.05) is 51.1 Å². The maximum absolute atomic E-state index is 12.0. The second-order valence-electron chi connectivity index (χ2n) is 7.41. The number of carbonyl (C=O) groups excluding carboxylic acids is 2. The Kier molecular flexibility index (Phi) is 6.67. The molecule has 1 aliphatic rings. The van der Waals surface area contributed by atoms with Gasteiger partial charge in [0, 0.05) is 12.1 Å². The summed E-state index contributed by atoms with van der Waals surface area (Å²) >= 11 is 0. The Morgan fingerprint density at radius 2 is 1.64 bits per heavy atom. The first-order valence-corrected chi connectivity index (χ1v) is 8.78. The van der Waals surface area contributed by atoms with E-state index in [1.54, 1.807) is 0 Å². The predicted molar refractivity (Wildman–Crippen MR) is 95.2 cm³/mol. The molecule has 2 N–H and O–H groups in total. The molecule has 1 aliphatic carbocycles. The van der Waals surface area contributed by atoms with Gasteiger partial charge in [0.25, 0.3) is 0 Å². The molecule has 138 valence electrons. The Hall–Kier alpha value is -2.24. The third-order valence-corrected chi connectivity index (χ3v) is 3.93. The van der Waals surface area contributed by atoms with E-state index in [-0.39, 0.29) is 18.7 Å². The number of carbonyl (C=O) groups is 2. The van der Waals surface area contributed by atoms with Gasteiger partial charge in [0.05, 0.1) is 0 Å². The van der Waals surface area contributed by atoms with Gasteiger partial charge < -0.3 is 20.1 Å². The van der Waals surface area contributed by atoms with Crippen molar-refractivity contribution in [2.24, 2.45) is 0 Å². The summed E-state index contributed by atoms with van der Waals surface area (Å²) in [6, 6.07) is 9.56. The van der Waals surface area contributed by atoms with E-state index < -0.39 is 17.8 Å². The minimum absolute atomic E-state index is 0.00280. The average Bonchev–Trinajstić information content (AvgIpc) is 2.52. The lowest BCUT2D eigenvalue weighted by atomic mass is 9.91. The molecule has 0 spiro atoms. The van der Waals surface area contributed by atoms with E-state index in [1.165, 1.54) is 0 Å². The number of hydrogen-bond donors (Lipinski definition) is 2. The van der Waals surface area contributed by atoms with Crippen LogP contribution in [0.1, 0.15) is 52.0 Å². The van der Waals surface area contributed by atoms with Gasteiger partial charge in [-0.3, -0.25) is 0 Å². The first-order valence-electron chi connectivity index (χ1n) is 8.78. The van der Waals surface area contributed by atoms with E-state index in [0.717, 1.165) is 24.8 Å². The SMILES string of the molecule is CC(C)(C)OC(=O)N[C@@H]1CCC[C@H](NC(=O)OCc2ccccc2)C1. The zero-order chi connectivity index (χ0) is 18.3. The Morgan fingerprint density at radius 1 is 1.04 bits per heavy atom. The summed E-state index contributed by atoms with van der Waals surface area (Å²) in [5.41, 5.74) is 0.434. The number of amides is 2. The van der Waals surface area contributed by atoms with Crippen LogP contribution in [0, 0.1) is 0 Å². The molecule has 0 bridgehead atoms. The Bertz CT molecular complexity index is 569. The van der Waals surface area contributed by atoms with Gasteiger partial charge in [0.1, 0.15) is 12.2 Å². The molecule has 2 atom stereocenters. The molecule has 0 radical (unpaired) electrons. The summed E-state index contributed by atoms with van der Waals surface area (Å²) in [4.78, 5) is 23.8. The van der Waals surface area contributed by atoms with E-state index in [2.05, 4.69) is 10.6 Å². The van der Waals surface area contributed by atoms with Crippen LogP contribution in [0.2, 0.25) is 0 Å². The number of alkyl carbamates (subject to hydrolysis) is 2.